The SMILES string of the molecule is Cc1cc(/C=N/NC(=O)c2ccc(N(Cc3ccccc3)S(C)(=O)=O)cc2)c(C)n1-c1ccccc1Cl. The third kappa shape index (κ3) is 6.10. The second-order valence-corrected chi connectivity index (χ2v) is 10.9. The minimum Gasteiger partial charge on any atom is -0.316 e. The summed E-state index contributed by atoms with van der Waals surface area (Å²) >= 11 is 6.37. The molecule has 1 heterocycles. The van der Waals surface area contributed by atoms with Gasteiger partial charge in [0.25, 0.3) is 5.91 Å². The quantitative estimate of drug-likeness (QED) is 0.240. The number of nitrogens with zero attached hydrogens (tertiary/aromatic N) is 3. The Morgan fingerprint density at radius 2 is 1.65 bits per heavy atom. The molecule has 0 unspecified atom stereocenters. The number of sulfonamides is 1. The standard InChI is InChI=1S/C28H27ClN4O3S/c1-20-17-24(21(2)33(20)27-12-8-7-11-26(27)29)18-30-31-28(34)23-13-15-25(16-14-23)32(37(3,35)36)19-22-9-5-4-6-10-22/h4-18H,19H2,1-3H3,(H,31,34)/b30-18+. The Morgan fingerprint density at radius 1 is 1.00 bits per heavy atom. The number of hydrogen-bond acceptors (Lipinski definition) is 4. The van der Waals surface area contributed by atoms with Crippen LogP contribution < -0.4 is 9.73 Å². The lowest BCUT2D eigenvalue weighted by atomic mass is 10.2. The van der Waals surface area contributed by atoms with Gasteiger partial charge in [-0.1, -0.05) is 54.1 Å². The summed E-state index contributed by atoms with van der Waals surface area (Å²) in [6.07, 6.45) is 2.75. The highest BCUT2D eigenvalue weighted by molar-refractivity contribution is 7.92. The predicted molar refractivity (Wildman–Crippen MR) is 149 cm³/mol. The normalized spacial score (nSPS) is 11.6. The van der Waals surface area contributed by atoms with E-state index in [2.05, 4.69) is 10.5 Å². The van der Waals surface area contributed by atoms with Gasteiger partial charge >= 0.3 is 0 Å². The molecule has 0 spiro atoms. The molecule has 0 aliphatic heterocycles. The van der Waals surface area contributed by atoms with Crippen LogP contribution in [0.1, 0.15) is 32.9 Å². The fourth-order valence-electron chi connectivity index (χ4n) is 4.08. The Hall–Kier alpha value is -3.88. The molecule has 4 rings (SSSR count). The van der Waals surface area contributed by atoms with Gasteiger partial charge in [-0.3, -0.25) is 9.10 Å². The summed E-state index contributed by atoms with van der Waals surface area (Å²) in [6, 6.07) is 25.3. The number of halogens is 1. The van der Waals surface area contributed by atoms with Crippen molar-refractivity contribution in [1.29, 1.82) is 0 Å². The van der Waals surface area contributed by atoms with E-state index in [1.54, 1.807) is 30.5 Å². The van der Waals surface area contributed by atoms with Crippen LogP contribution in [0.15, 0.2) is 90.0 Å². The van der Waals surface area contributed by atoms with Crippen LogP contribution in [0.4, 0.5) is 5.69 Å². The van der Waals surface area contributed by atoms with E-state index in [-0.39, 0.29) is 6.54 Å². The Bertz CT molecular complexity index is 1550. The second-order valence-electron chi connectivity index (χ2n) is 8.61. The van der Waals surface area contributed by atoms with Crippen LogP contribution in [0.2, 0.25) is 5.02 Å². The number of carbonyl (C=O) groups excluding carboxylic acids is 1. The van der Waals surface area contributed by atoms with E-state index >= 15 is 0 Å². The van der Waals surface area contributed by atoms with Crippen LogP contribution in [0.25, 0.3) is 5.69 Å². The van der Waals surface area contributed by atoms with Crippen molar-refractivity contribution in [2.24, 2.45) is 5.10 Å². The number of anilines is 1. The van der Waals surface area contributed by atoms with Crippen LogP contribution in [-0.4, -0.2) is 31.4 Å². The Labute approximate surface area is 222 Å². The first-order valence-corrected chi connectivity index (χ1v) is 13.8. The molecule has 0 radical (unpaired) electrons. The van der Waals surface area contributed by atoms with Gasteiger partial charge in [0.2, 0.25) is 10.0 Å². The molecule has 9 heteroatoms. The highest BCUT2D eigenvalue weighted by atomic mass is 35.5. The van der Waals surface area contributed by atoms with E-state index in [0.717, 1.165) is 34.5 Å². The summed E-state index contributed by atoms with van der Waals surface area (Å²) in [6.45, 7) is 4.13. The van der Waals surface area contributed by atoms with Gasteiger partial charge in [0.1, 0.15) is 0 Å². The molecule has 190 valence electrons. The van der Waals surface area contributed by atoms with E-state index in [4.69, 9.17) is 11.6 Å². The summed E-state index contributed by atoms with van der Waals surface area (Å²) in [5, 5.41) is 4.77. The predicted octanol–water partition coefficient (Wildman–Crippen LogP) is 5.48. The van der Waals surface area contributed by atoms with Crippen molar-refractivity contribution in [1.82, 2.24) is 9.99 Å². The van der Waals surface area contributed by atoms with Crippen LogP contribution in [0.5, 0.6) is 0 Å². The van der Waals surface area contributed by atoms with Crippen LogP contribution >= 0.6 is 11.6 Å². The molecule has 0 fully saturated rings. The number of amides is 1. The molecule has 1 N–H and O–H groups in total. The number of para-hydroxylation sites is 1. The van der Waals surface area contributed by atoms with E-state index in [1.807, 2.05) is 79.1 Å². The summed E-state index contributed by atoms with van der Waals surface area (Å²) in [5.41, 5.74) is 7.87. The first-order valence-electron chi connectivity index (χ1n) is 11.5. The maximum atomic E-state index is 12.6. The average molecular weight is 535 g/mol. The fraction of sp³-hybridized carbons (Fsp3) is 0.143. The van der Waals surface area contributed by atoms with Crippen molar-refractivity contribution >= 4 is 39.4 Å². The van der Waals surface area contributed by atoms with Crippen molar-refractivity contribution < 1.29 is 13.2 Å². The third-order valence-corrected chi connectivity index (χ3v) is 7.38. The van der Waals surface area contributed by atoms with Crippen molar-refractivity contribution in [3.8, 4) is 5.69 Å². The van der Waals surface area contributed by atoms with Crippen LogP contribution in [0, 0.1) is 13.8 Å². The average Bonchev–Trinajstić information content (AvgIpc) is 3.15. The summed E-state index contributed by atoms with van der Waals surface area (Å²) in [5.74, 6) is -0.406. The largest absolute Gasteiger partial charge is 0.316 e. The van der Waals surface area contributed by atoms with Crippen LogP contribution in [0.3, 0.4) is 0 Å². The second kappa shape index (κ2) is 11.0. The van der Waals surface area contributed by atoms with E-state index in [1.165, 1.54) is 4.31 Å². The third-order valence-electron chi connectivity index (χ3n) is 5.92. The number of aromatic nitrogens is 1. The smallest absolute Gasteiger partial charge is 0.271 e. The van der Waals surface area contributed by atoms with Gasteiger partial charge in [-0.15, -0.1) is 0 Å². The summed E-state index contributed by atoms with van der Waals surface area (Å²) in [7, 11) is -3.52. The minimum atomic E-state index is -3.52. The zero-order chi connectivity index (χ0) is 26.6. The molecule has 3 aromatic carbocycles. The lowest BCUT2D eigenvalue weighted by molar-refractivity contribution is 0.0955. The minimum absolute atomic E-state index is 0.197. The molecule has 7 nitrogen and oxygen atoms in total. The first kappa shape index (κ1) is 26.2. The van der Waals surface area contributed by atoms with Gasteiger partial charge in [0.15, 0.2) is 0 Å². The highest BCUT2D eigenvalue weighted by Gasteiger charge is 2.18. The molecule has 0 aliphatic carbocycles. The maximum absolute atomic E-state index is 12.6. The molecular formula is C28H27ClN4O3S. The Kier molecular flexibility index (Phi) is 7.80. The van der Waals surface area contributed by atoms with Crippen molar-refractivity contribution in [2.75, 3.05) is 10.6 Å². The number of nitrogens with one attached hydrogen (secondary N) is 1. The Morgan fingerprint density at radius 3 is 2.30 bits per heavy atom. The molecular weight excluding hydrogens is 508 g/mol. The molecule has 4 aromatic rings. The van der Waals surface area contributed by atoms with Gasteiger partial charge in [0.05, 0.1) is 35.4 Å². The van der Waals surface area contributed by atoms with E-state index < -0.39 is 15.9 Å². The molecule has 0 aliphatic rings. The highest BCUT2D eigenvalue weighted by Crippen LogP contribution is 2.26. The summed E-state index contributed by atoms with van der Waals surface area (Å²) in [4.78, 5) is 12.6. The molecule has 0 bridgehead atoms. The van der Waals surface area contributed by atoms with E-state index in [9.17, 15) is 13.2 Å². The van der Waals surface area contributed by atoms with Crippen molar-refractivity contribution in [3.05, 3.63) is 118 Å². The van der Waals surface area contributed by atoms with Gasteiger partial charge < -0.3 is 4.57 Å². The number of hydrogen-bond donors (Lipinski definition) is 1. The Balaban J connectivity index is 1.47. The van der Waals surface area contributed by atoms with E-state index in [0.29, 0.717) is 16.3 Å². The van der Waals surface area contributed by atoms with Gasteiger partial charge in [-0.2, -0.15) is 5.10 Å². The number of carbonyl (C=O) groups is 1. The van der Waals surface area contributed by atoms with Gasteiger partial charge in [-0.05, 0) is 61.9 Å². The molecule has 1 amide bonds. The molecule has 37 heavy (non-hydrogen) atoms. The summed E-state index contributed by atoms with van der Waals surface area (Å²) < 4.78 is 28.2. The molecule has 0 atom stereocenters. The zero-order valence-corrected chi connectivity index (χ0v) is 22.3. The van der Waals surface area contributed by atoms with Gasteiger partial charge in [0, 0.05) is 22.5 Å². The monoisotopic (exact) mass is 534 g/mol. The molecule has 0 saturated heterocycles. The molecule has 1 aromatic heterocycles. The lowest BCUT2D eigenvalue weighted by Gasteiger charge is -2.22. The molecule has 0 saturated carbocycles. The number of hydrazone groups is 1. The number of aryl methyl sites for hydroxylation is 1. The first-order chi connectivity index (χ1) is 17.6. The van der Waals surface area contributed by atoms with Crippen LogP contribution in [-0.2, 0) is 16.6 Å². The topological polar surface area (TPSA) is 83.8 Å². The fourth-order valence-corrected chi connectivity index (χ4v) is 5.18. The maximum Gasteiger partial charge on any atom is 0.271 e. The van der Waals surface area contributed by atoms with Crippen molar-refractivity contribution in [3.63, 3.8) is 0 Å². The van der Waals surface area contributed by atoms with Gasteiger partial charge in [-0.25, -0.2) is 13.8 Å². The van der Waals surface area contributed by atoms with Crippen molar-refractivity contribution in [2.45, 2.75) is 20.4 Å². The zero-order valence-electron chi connectivity index (χ0n) is 20.7. The number of rotatable bonds is 8. The lowest BCUT2D eigenvalue weighted by Crippen LogP contribution is -2.29. The number of benzene rings is 3.